The van der Waals surface area contributed by atoms with Gasteiger partial charge >= 0.3 is 5.97 Å². The highest BCUT2D eigenvalue weighted by molar-refractivity contribution is 5.76. The van der Waals surface area contributed by atoms with E-state index in [1.807, 2.05) is 24.1 Å². The van der Waals surface area contributed by atoms with Crippen LogP contribution in [0.4, 0.5) is 5.69 Å². The molecule has 0 radical (unpaired) electrons. The van der Waals surface area contributed by atoms with Crippen molar-refractivity contribution < 1.29 is 14.3 Å². The predicted octanol–water partition coefficient (Wildman–Crippen LogP) is 2.43. The first-order chi connectivity index (χ1) is 8.49. The van der Waals surface area contributed by atoms with Gasteiger partial charge in [0.2, 0.25) is 0 Å². The Morgan fingerprint density at radius 3 is 2.50 bits per heavy atom. The third-order valence-electron chi connectivity index (χ3n) is 2.88. The second-order valence-electron chi connectivity index (χ2n) is 4.52. The van der Waals surface area contributed by atoms with E-state index in [1.165, 1.54) is 12.7 Å². The number of likely N-dealkylation sites (N-methyl/N-ethyl adjacent to an activating group) is 1. The Kier molecular flexibility index (Phi) is 5.01. The molecule has 0 unspecified atom stereocenters. The van der Waals surface area contributed by atoms with Crippen molar-refractivity contribution in [1.82, 2.24) is 0 Å². The van der Waals surface area contributed by atoms with Crippen molar-refractivity contribution in [2.75, 3.05) is 32.7 Å². The third-order valence-corrected chi connectivity index (χ3v) is 2.88. The van der Waals surface area contributed by atoms with E-state index in [0.29, 0.717) is 5.92 Å². The Balaban J connectivity index is 2.97. The molecule has 100 valence electrons. The van der Waals surface area contributed by atoms with Crippen molar-refractivity contribution >= 4 is 11.7 Å². The molecule has 0 heterocycles. The van der Waals surface area contributed by atoms with Crippen LogP contribution in [-0.4, -0.2) is 33.8 Å². The highest BCUT2D eigenvalue weighted by Gasteiger charge is 2.13. The monoisotopic (exact) mass is 251 g/mol. The van der Waals surface area contributed by atoms with Crippen molar-refractivity contribution in [1.29, 1.82) is 0 Å². The zero-order valence-corrected chi connectivity index (χ0v) is 11.7. The number of carbonyl (C=O) groups is 1. The van der Waals surface area contributed by atoms with Gasteiger partial charge < -0.3 is 14.4 Å². The maximum Gasteiger partial charge on any atom is 0.325 e. The summed E-state index contributed by atoms with van der Waals surface area (Å²) in [5, 5.41) is 0. The van der Waals surface area contributed by atoms with Gasteiger partial charge in [-0.15, -0.1) is 0 Å². The minimum absolute atomic E-state index is 0.202. The fraction of sp³-hybridized carbons (Fsp3) is 0.500. The van der Waals surface area contributed by atoms with Gasteiger partial charge in [0.15, 0.2) is 0 Å². The molecule has 4 heteroatoms. The third kappa shape index (κ3) is 3.39. The van der Waals surface area contributed by atoms with Crippen LogP contribution in [0.1, 0.15) is 25.3 Å². The lowest BCUT2D eigenvalue weighted by Crippen LogP contribution is -2.26. The fourth-order valence-corrected chi connectivity index (χ4v) is 1.71. The molecule has 18 heavy (non-hydrogen) atoms. The predicted molar refractivity (Wildman–Crippen MR) is 72.4 cm³/mol. The van der Waals surface area contributed by atoms with Crippen LogP contribution in [0.3, 0.4) is 0 Å². The van der Waals surface area contributed by atoms with Crippen LogP contribution in [0.15, 0.2) is 18.2 Å². The van der Waals surface area contributed by atoms with Crippen molar-refractivity contribution in [3.8, 4) is 5.75 Å². The van der Waals surface area contributed by atoms with E-state index in [2.05, 4.69) is 24.7 Å². The van der Waals surface area contributed by atoms with E-state index in [9.17, 15) is 4.79 Å². The van der Waals surface area contributed by atoms with Gasteiger partial charge in [-0.2, -0.15) is 0 Å². The highest BCUT2D eigenvalue weighted by Crippen LogP contribution is 2.30. The Bertz CT molecular complexity index is 416. The van der Waals surface area contributed by atoms with Crippen LogP contribution < -0.4 is 9.64 Å². The maximum atomic E-state index is 11.3. The standard InChI is InChI=1S/C14H21NO3/c1-10(2)11-6-7-12(13(8-11)17-4)15(3)9-14(16)18-5/h6-8,10H,9H2,1-5H3. The molecule has 4 nitrogen and oxygen atoms in total. The second kappa shape index (κ2) is 6.28. The smallest absolute Gasteiger partial charge is 0.325 e. The first-order valence-electron chi connectivity index (χ1n) is 5.95. The molecular weight excluding hydrogens is 230 g/mol. The molecule has 0 atom stereocenters. The molecular formula is C14H21NO3. The molecule has 0 saturated carbocycles. The van der Waals surface area contributed by atoms with Gasteiger partial charge in [0.25, 0.3) is 0 Å². The Morgan fingerprint density at radius 2 is 2.00 bits per heavy atom. The quantitative estimate of drug-likeness (QED) is 0.753. The molecule has 0 aromatic heterocycles. The Labute approximate surface area is 108 Å². The fourth-order valence-electron chi connectivity index (χ4n) is 1.71. The molecule has 1 aromatic rings. The second-order valence-corrected chi connectivity index (χ2v) is 4.52. The zero-order chi connectivity index (χ0) is 13.7. The zero-order valence-electron chi connectivity index (χ0n) is 11.7. The van der Waals surface area contributed by atoms with Gasteiger partial charge in [-0.1, -0.05) is 19.9 Å². The minimum Gasteiger partial charge on any atom is -0.495 e. The number of carbonyl (C=O) groups excluding carboxylic acids is 1. The van der Waals surface area contributed by atoms with Crippen molar-refractivity contribution in [3.05, 3.63) is 23.8 Å². The number of rotatable bonds is 5. The number of esters is 1. The van der Waals surface area contributed by atoms with Crippen LogP contribution in [0.2, 0.25) is 0 Å². The van der Waals surface area contributed by atoms with E-state index in [1.54, 1.807) is 7.11 Å². The van der Waals surface area contributed by atoms with Gasteiger partial charge in [-0.05, 0) is 23.6 Å². The molecule has 0 aliphatic heterocycles. The summed E-state index contributed by atoms with van der Waals surface area (Å²) in [4.78, 5) is 13.1. The topological polar surface area (TPSA) is 38.8 Å². The number of methoxy groups -OCH3 is 2. The average molecular weight is 251 g/mol. The maximum absolute atomic E-state index is 11.3. The Hall–Kier alpha value is -1.71. The average Bonchev–Trinajstić information content (AvgIpc) is 2.37. The molecule has 0 N–H and O–H groups in total. The van der Waals surface area contributed by atoms with Gasteiger partial charge in [0.05, 0.1) is 19.9 Å². The van der Waals surface area contributed by atoms with Crippen LogP contribution in [0.5, 0.6) is 5.75 Å². The summed E-state index contributed by atoms with van der Waals surface area (Å²) < 4.78 is 10.0. The lowest BCUT2D eigenvalue weighted by atomic mass is 10.0. The summed E-state index contributed by atoms with van der Waals surface area (Å²) in [6.45, 7) is 4.47. The van der Waals surface area contributed by atoms with E-state index < -0.39 is 0 Å². The summed E-state index contributed by atoms with van der Waals surface area (Å²) in [5.74, 6) is 0.943. The lowest BCUT2D eigenvalue weighted by molar-refractivity contribution is -0.138. The van der Waals surface area contributed by atoms with Crippen molar-refractivity contribution in [3.63, 3.8) is 0 Å². The summed E-state index contributed by atoms with van der Waals surface area (Å²) >= 11 is 0. The van der Waals surface area contributed by atoms with E-state index in [-0.39, 0.29) is 12.5 Å². The Morgan fingerprint density at radius 1 is 1.33 bits per heavy atom. The molecule has 0 saturated heterocycles. The van der Waals surface area contributed by atoms with E-state index >= 15 is 0 Å². The first kappa shape index (κ1) is 14.4. The first-order valence-corrected chi connectivity index (χ1v) is 5.95. The number of benzene rings is 1. The van der Waals surface area contributed by atoms with E-state index in [4.69, 9.17) is 4.74 Å². The van der Waals surface area contributed by atoms with E-state index in [0.717, 1.165) is 11.4 Å². The summed E-state index contributed by atoms with van der Waals surface area (Å²) in [7, 11) is 4.86. The molecule has 0 spiro atoms. The molecule has 0 aliphatic rings. The van der Waals surface area contributed by atoms with Crippen LogP contribution in [0.25, 0.3) is 0 Å². The van der Waals surface area contributed by atoms with Crippen molar-refractivity contribution in [2.24, 2.45) is 0 Å². The number of nitrogens with zero attached hydrogens (tertiary/aromatic N) is 1. The lowest BCUT2D eigenvalue weighted by Gasteiger charge is -2.21. The molecule has 1 aromatic carbocycles. The van der Waals surface area contributed by atoms with Crippen molar-refractivity contribution in [2.45, 2.75) is 19.8 Å². The van der Waals surface area contributed by atoms with Crippen LogP contribution in [-0.2, 0) is 9.53 Å². The molecule has 0 fully saturated rings. The summed E-state index contributed by atoms with van der Waals surface area (Å²) in [6, 6.07) is 6.03. The van der Waals surface area contributed by atoms with Crippen LogP contribution in [0, 0.1) is 0 Å². The number of ether oxygens (including phenoxy) is 2. The minimum atomic E-state index is -0.271. The summed E-state index contributed by atoms with van der Waals surface area (Å²) in [6.07, 6.45) is 0. The van der Waals surface area contributed by atoms with Gasteiger partial charge in [0.1, 0.15) is 12.3 Å². The number of hydrogen-bond donors (Lipinski definition) is 0. The molecule has 1 rings (SSSR count). The highest BCUT2D eigenvalue weighted by atomic mass is 16.5. The summed E-state index contributed by atoms with van der Waals surface area (Å²) in [5.41, 5.74) is 2.09. The van der Waals surface area contributed by atoms with Crippen LogP contribution >= 0.6 is 0 Å². The normalized spacial score (nSPS) is 10.3. The van der Waals surface area contributed by atoms with Gasteiger partial charge in [-0.3, -0.25) is 4.79 Å². The number of hydrogen-bond acceptors (Lipinski definition) is 4. The molecule has 0 bridgehead atoms. The number of anilines is 1. The SMILES string of the molecule is COC(=O)CN(C)c1ccc(C(C)C)cc1OC. The molecule has 0 aliphatic carbocycles. The van der Waals surface area contributed by atoms with Gasteiger partial charge in [-0.25, -0.2) is 0 Å². The van der Waals surface area contributed by atoms with Gasteiger partial charge in [0, 0.05) is 7.05 Å². The largest absolute Gasteiger partial charge is 0.495 e. The molecule has 0 amide bonds.